The highest BCUT2D eigenvalue weighted by molar-refractivity contribution is 5.30. The third-order valence-corrected chi connectivity index (χ3v) is 3.39. The average Bonchev–Trinajstić information content (AvgIpc) is 2.73. The van der Waals surface area contributed by atoms with E-state index < -0.39 is 0 Å². The first kappa shape index (κ1) is 13.8. The van der Waals surface area contributed by atoms with Gasteiger partial charge in [-0.3, -0.25) is 4.68 Å². The first-order valence-corrected chi connectivity index (χ1v) is 6.88. The minimum atomic E-state index is 0.318. The molecule has 1 heterocycles. The predicted octanol–water partition coefficient (Wildman–Crippen LogP) is 2.93. The molecular weight excluding hydrogens is 234 g/mol. The molecule has 0 saturated heterocycles. The molecule has 0 aliphatic carbocycles. The number of nitrogens with one attached hydrogen (secondary N) is 1. The van der Waals surface area contributed by atoms with Gasteiger partial charge in [0.1, 0.15) is 0 Å². The van der Waals surface area contributed by atoms with Crippen LogP contribution in [0.1, 0.15) is 35.3 Å². The fourth-order valence-corrected chi connectivity index (χ4v) is 2.68. The summed E-state index contributed by atoms with van der Waals surface area (Å²) in [6.45, 7) is 7.41. The van der Waals surface area contributed by atoms with Crippen molar-refractivity contribution in [3.8, 4) is 0 Å². The van der Waals surface area contributed by atoms with Crippen molar-refractivity contribution in [2.45, 2.75) is 33.2 Å². The first-order chi connectivity index (χ1) is 9.10. The molecule has 3 nitrogen and oxygen atoms in total. The zero-order valence-electron chi connectivity index (χ0n) is 12.3. The standard InChI is InChI=1S/C16H23N3/c1-5-17-15(16-6-7-18-19(16)4)11-14-9-12(2)8-13(3)10-14/h6-10,15,17H,5,11H2,1-4H3. The van der Waals surface area contributed by atoms with Crippen LogP contribution in [0.5, 0.6) is 0 Å². The van der Waals surface area contributed by atoms with Gasteiger partial charge in [-0.2, -0.15) is 5.10 Å². The highest BCUT2D eigenvalue weighted by atomic mass is 15.3. The van der Waals surface area contributed by atoms with E-state index in [1.54, 1.807) is 0 Å². The normalized spacial score (nSPS) is 12.6. The monoisotopic (exact) mass is 257 g/mol. The van der Waals surface area contributed by atoms with Gasteiger partial charge < -0.3 is 5.32 Å². The summed E-state index contributed by atoms with van der Waals surface area (Å²) in [6.07, 6.45) is 2.86. The molecule has 0 saturated carbocycles. The van der Waals surface area contributed by atoms with Crippen LogP contribution in [0.25, 0.3) is 0 Å². The van der Waals surface area contributed by atoms with Gasteiger partial charge in [-0.25, -0.2) is 0 Å². The van der Waals surface area contributed by atoms with E-state index in [-0.39, 0.29) is 0 Å². The van der Waals surface area contributed by atoms with Crippen LogP contribution in [0.3, 0.4) is 0 Å². The van der Waals surface area contributed by atoms with E-state index in [9.17, 15) is 0 Å². The van der Waals surface area contributed by atoms with Crippen molar-refractivity contribution in [3.05, 3.63) is 52.8 Å². The number of rotatable bonds is 5. The van der Waals surface area contributed by atoms with E-state index in [1.165, 1.54) is 22.4 Å². The molecule has 1 aromatic heterocycles. The Balaban J connectivity index is 2.23. The Hall–Kier alpha value is -1.61. The summed E-state index contributed by atoms with van der Waals surface area (Å²) in [5.74, 6) is 0. The lowest BCUT2D eigenvalue weighted by atomic mass is 9.99. The molecular formula is C16H23N3. The molecule has 1 aromatic carbocycles. The fourth-order valence-electron chi connectivity index (χ4n) is 2.68. The molecule has 0 aliphatic rings. The Morgan fingerprint density at radius 3 is 2.42 bits per heavy atom. The lowest BCUT2D eigenvalue weighted by molar-refractivity contribution is 0.507. The van der Waals surface area contributed by atoms with Gasteiger partial charge in [-0.15, -0.1) is 0 Å². The summed E-state index contributed by atoms with van der Waals surface area (Å²) in [7, 11) is 2.00. The zero-order valence-corrected chi connectivity index (χ0v) is 12.3. The minimum Gasteiger partial charge on any atom is -0.309 e. The molecule has 0 bridgehead atoms. The van der Waals surface area contributed by atoms with Crippen molar-refractivity contribution in [2.24, 2.45) is 7.05 Å². The summed E-state index contributed by atoms with van der Waals surface area (Å²) < 4.78 is 1.95. The highest BCUT2D eigenvalue weighted by Crippen LogP contribution is 2.19. The molecule has 0 fully saturated rings. The van der Waals surface area contributed by atoms with Crippen molar-refractivity contribution < 1.29 is 0 Å². The van der Waals surface area contributed by atoms with E-state index in [1.807, 2.05) is 17.9 Å². The summed E-state index contributed by atoms with van der Waals surface area (Å²) in [5.41, 5.74) is 5.27. The molecule has 1 unspecified atom stereocenters. The van der Waals surface area contributed by atoms with E-state index in [0.717, 1.165) is 13.0 Å². The summed E-state index contributed by atoms with van der Waals surface area (Å²) in [5, 5.41) is 7.83. The maximum Gasteiger partial charge on any atom is 0.0553 e. The van der Waals surface area contributed by atoms with Crippen LogP contribution in [0.15, 0.2) is 30.5 Å². The average molecular weight is 257 g/mol. The SMILES string of the molecule is CCNC(Cc1cc(C)cc(C)c1)c1ccnn1C. The van der Waals surface area contributed by atoms with E-state index >= 15 is 0 Å². The van der Waals surface area contributed by atoms with Crippen LogP contribution < -0.4 is 5.32 Å². The Kier molecular flexibility index (Phi) is 4.38. The van der Waals surface area contributed by atoms with E-state index in [2.05, 4.69) is 55.5 Å². The molecule has 1 atom stereocenters. The lowest BCUT2D eigenvalue weighted by Crippen LogP contribution is -2.25. The topological polar surface area (TPSA) is 29.9 Å². The zero-order chi connectivity index (χ0) is 13.8. The number of hydrogen-bond acceptors (Lipinski definition) is 2. The van der Waals surface area contributed by atoms with Gasteiger partial charge in [0.15, 0.2) is 0 Å². The first-order valence-electron chi connectivity index (χ1n) is 6.88. The van der Waals surface area contributed by atoms with Crippen molar-refractivity contribution in [3.63, 3.8) is 0 Å². The van der Waals surface area contributed by atoms with Gasteiger partial charge in [0.05, 0.1) is 11.7 Å². The third-order valence-electron chi connectivity index (χ3n) is 3.39. The second-order valence-corrected chi connectivity index (χ2v) is 5.19. The molecule has 0 aliphatic heterocycles. The molecule has 2 aromatic rings. The van der Waals surface area contributed by atoms with Gasteiger partial charge >= 0.3 is 0 Å². The van der Waals surface area contributed by atoms with Crippen molar-refractivity contribution in [2.75, 3.05) is 6.54 Å². The minimum absolute atomic E-state index is 0.318. The summed E-state index contributed by atoms with van der Waals surface area (Å²) in [6, 6.07) is 9.17. The molecule has 3 heteroatoms. The lowest BCUT2D eigenvalue weighted by Gasteiger charge is -2.19. The van der Waals surface area contributed by atoms with Crippen LogP contribution in [-0.2, 0) is 13.5 Å². The second kappa shape index (κ2) is 6.02. The fraction of sp³-hybridized carbons (Fsp3) is 0.438. The van der Waals surface area contributed by atoms with Crippen LogP contribution in [0.2, 0.25) is 0 Å². The largest absolute Gasteiger partial charge is 0.309 e. The predicted molar refractivity (Wildman–Crippen MR) is 79.2 cm³/mol. The number of nitrogens with zero attached hydrogens (tertiary/aromatic N) is 2. The number of aryl methyl sites for hydroxylation is 3. The van der Waals surface area contributed by atoms with Gasteiger partial charge in [0, 0.05) is 13.2 Å². The molecule has 0 radical (unpaired) electrons. The number of hydrogen-bond donors (Lipinski definition) is 1. The highest BCUT2D eigenvalue weighted by Gasteiger charge is 2.14. The molecule has 1 N–H and O–H groups in total. The number of likely N-dealkylation sites (N-methyl/N-ethyl adjacent to an activating group) is 1. The molecule has 102 valence electrons. The Labute approximate surface area is 115 Å². The van der Waals surface area contributed by atoms with Crippen molar-refractivity contribution in [1.82, 2.24) is 15.1 Å². The molecule has 2 rings (SSSR count). The third kappa shape index (κ3) is 3.44. The van der Waals surface area contributed by atoms with Gasteiger partial charge in [0.25, 0.3) is 0 Å². The van der Waals surface area contributed by atoms with E-state index in [0.29, 0.717) is 6.04 Å². The van der Waals surface area contributed by atoms with Crippen molar-refractivity contribution in [1.29, 1.82) is 0 Å². The van der Waals surface area contributed by atoms with Crippen LogP contribution in [0, 0.1) is 13.8 Å². The summed E-state index contributed by atoms with van der Waals surface area (Å²) in [4.78, 5) is 0. The van der Waals surface area contributed by atoms with Gasteiger partial charge in [-0.1, -0.05) is 36.2 Å². The number of benzene rings is 1. The van der Waals surface area contributed by atoms with Crippen LogP contribution in [-0.4, -0.2) is 16.3 Å². The molecule has 0 spiro atoms. The quantitative estimate of drug-likeness (QED) is 0.892. The van der Waals surface area contributed by atoms with Crippen molar-refractivity contribution >= 4 is 0 Å². The smallest absolute Gasteiger partial charge is 0.0553 e. The maximum atomic E-state index is 4.27. The Morgan fingerprint density at radius 2 is 1.89 bits per heavy atom. The van der Waals surface area contributed by atoms with Crippen LogP contribution >= 0.6 is 0 Å². The van der Waals surface area contributed by atoms with E-state index in [4.69, 9.17) is 0 Å². The Bertz CT molecular complexity index is 522. The summed E-state index contributed by atoms with van der Waals surface area (Å²) >= 11 is 0. The van der Waals surface area contributed by atoms with Crippen LogP contribution in [0.4, 0.5) is 0 Å². The molecule has 19 heavy (non-hydrogen) atoms. The second-order valence-electron chi connectivity index (χ2n) is 5.19. The van der Waals surface area contributed by atoms with Gasteiger partial charge in [0.2, 0.25) is 0 Å². The maximum absolute atomic E-state index is 4.27. The Morgan fingerprint density at radius 1 is 1.21 bits per heavy atom. The molecule has 0 amide bonds. The van der Waals surface area contributed by atoms with Gasteiger partial charge in [-0.05, 0) is 38.4 Å². The number of aromatic nitrogens is 2.